The monoisotopic (exact) mass is 334 g/mol. The molecule has 5 nitrogen and oxygen atoms in total. The molecule has 3 aromatic rings. The Morgan fingerprint density at radius 2 is 2.00 bits per heavy atom. The van der Waals surface area contributed by atoms with Crippen molar-refractivity contribution in [2.45, 2.75) is 11.8 Å². The Hall–Kier alpha value is -3.08. The molecule has 126 valence electrons. The van der Waals surface area contributed by atoms with Gasteiger partial charge in [0.05, 0.1) is 19.2 Å². The molecule has 0 bridgehead atoms. The third-order valence-electron chi connectivity index (χ3n) is 4.67. The molecule has 1 aliphatic heterocycles. The number of rotatable bonds is 4. The van der Waals surface area contributed by atoms with Crippen molar-refractivity contribution in [1.29, 1.82) is 0 Å². The topological polar surface area (TPSA) is 64.4 Å². The van der Waals surface area contributed by atoms with Crippen molar-refractivity contribution < 1.29 is 13.9 Å². The highest BCUT2D eigenvalue weighted by Gasteiger charge is 2.37. The molecule has 1 aliphatic rings. The van der Waals surface area contributed by atoms with E-state index in [9.17, 15) is 4.79 Å². The number of nitrogens with one attached hydrogen (secondary N) is 1. The molecule has 1 aromatic heterocycles. The summed E-state index contributed by atoms with van der Waals surface area (Å²) < 4.78 is 10.7. The van der Waals surface area contributed by atoms with E-state index in [1.807, 2.05) is 36.4 Å². The van der Waals surface area contributed by atoms with Crippen LogP contribution < -0.4 is 10.1 Å². The molecule has 0 saturated carbocycles. The van der Waals surface area contributed by atoms with Crippen LogP contribution >= 0.6 is 0 Å². The molecule has 0 aliphatic carbocycles. The molecule has 2 aromatic carbocycles. The fourth-order valence-corrected chi connectivity index (χ4v) is 3.43. The Morgan fingerprint density at radius 1 is 1.16 bits per heavy atom. The van der Waals surface area contributed by atoms with Gasteiger partial charge >= 0.3 is 0 Å². The fourth-order valence-electron chi connectivity index (χ4n) is 3.43. The van der Waals surface area contributed by atoms with Crippen LogP contribution in [0.2, 0.25) is 0 Å². The highest BCUT2D eigenvalue weighted by Crippen LogP contribution is 2.38. The number of methoxy groups -OCH3 is 1. The van der Waals surface area contributed by atoms with Crippen LogP contribution in [0.4, 0.5) is 0 Å². The first kappa shape index (κ1) is 15.4. The highest BCUT2D eigenvalue weighted by atomic mass is 16.5. The number of amides is 1. The van der Waals surface area contributed by atoms with Crippen molar-refractivity contribution in [3.63, 3.8) is 0 Å². The lowest BCUT2D eigenvalue weighted by atomic mass is 9.83. The van der Waals surface area contributed by atoms with Crippen LogP contribution in [0.15, 0.2) is 65.5 Å². The van der Waals surface area contributed by atoms with E-state index in [4.69, 9.17) is 9.15 Å². The number of aromatic nitrogens is 1. The van der Waals surface area contributed by atoms with Gasteiger partial charge in [-0.1, -0.05) is 30.3 Å². The molecule has 0 radical (unpaired) electrons. The normalized spacial score (nSPS) is 19.6. The Balaban J connectivity index is 1.71. The van der Waals surface area contributed by atoms with Crippen molar-refractivity contribution in [1.82, 2.24) is 10.3 Å². The molecule has 4 rings (SSSR count). The van der Waals surface area contributed by atoms with Gasteiger partial charge < -0.3 is 14.5 Å². The second-order valence-electron chi connectivity index (χ2n) is 6.10. The predicted molar refractivity (Wildman–Crippen MR) is 93.4 cm³/mol. The summed E-state index contributed by atoms with van der Waals surface area (Å²) in [6, 6.07) is 15.8. The maximum absolute atomic E-state index is 12.5. The third-order valence-corrected chi connectivity index (χ3v) is 4.67. The Kier molecular flexibility index (Phi) is 3.98. The third kappa shape index (κ3) is 2.89. The molecule has 25 heavy (non-hydrogen) atoms. The molecular formula is C20H18N2O3. The minimum Gasteiger partial charge on any atom is -0.497 e. The zero-order chi connectivity index (χ0) is 17.2. The van der Waals surface area contributed by atoms with Gasteiger partial charge in [0.1, 0.15) is 5.75 Å². The van der Waals surface area contributed by atoms with Crippen LogP contribution in [0, 0.1) is 0 Å². The summed E-state index contributed by atoms with van der Waals surface area (Å²) in [5.74, 6) is 1.34. The van der Waals surface area contributed by atoms with Crippen molar-refractivity contribution in [2.75, 3.05) is 13.7 Å². The van der Waals surface area contributed by atoms with E-state index in [1.54, 1.807) is 13.3 Å². The first-order valence-electron chi connectivity index (χ1n) is 8.17. The van der Waals surface area contributed by atoms with Gasteiger partial charge in [-0.05, 0) is 29.3 Å². The zero-order valence-corrected chi connectivity index (χ0v) is 13.8. The molecule has 0 spiro atoms. The van der Waals surface area contributed by atoms with Crippen LogP contribution in [0.5, 0.6) is 5.75 Å². The number of benzene rings is 2. The minimum absolute atomic E-state index is 0.0447. The van der Waals surface area contributed by atoms with Crippen molar-refractivity contribution >= 4 is 5.91 Å². The van der Waals surface area contributed by atoms with Gasteiger partial charge in [-0.15, -0.1) is 0 Å². The molecule has 1 amide bonds. The number of nitrogens with zero attached hydrogens (tertiary/aromatic N) is 1. The predicted octanol–water partition coefficient (Wildman–Crippen LogP) is 3.35. The average Bonchev–Trinajstić information content (AvgIpc) is 3.32. The van der Waals surface area contributed by atoms with E-state index in [0.717, 1.165) is 28.2 Å². The molecular weight excluding hydrogens is 316 g/mol. The number of hydrogen-bond donors (Lipinski definition) is 1. The minimum atomic E-state index is -0.236. The summed E-state index contributed by atoms with van der Waals surface area (Å²) in [6.45, 7) is 0.612. The first-order chi connectivity index (χ1) is 12.3. The van der Waals surface area contributed by atoms with Crippen LogP contribution in [-0.4, -0.2) is 24.5 Å². The largest absolute Gasteiger partial charge is 0.497 e. The second-order valence-corrected chi connectivity index (χ2v) is 6.10. The summed E-state index contributed by atoms with van der Waals surface area (Å²) in [4.78, 5) is 16.5. The van der Waals surface area contributed by atoms with E-state index in [2.05, 4.69) is 22.4 Å². The second kappa shape index (κ2) is 6.43. The Labute approximate surface area is 145 Å². The summed E-state index contributed by atoms with van der Waals surface area (Å²) in [5, 5.41) is 2.99. The molecule has 1 fully saturated rings. The number of hydrogen-bond acceptors (Lipinski definition) is 4. The lowest BCUT2D eigenvalue weighted by Gasteiger charge is -2.18. The molecule has 1 N–H and O–H groups in total. The van der Waals surface area contributed by atoms with Crippen molar-refractivity contribution in [2.24, 2.45) is 0 Å². The average molecular weight is 334 g/mol. The summed E-state index contributed by atoms with van der Waals surface area (Å²) >= 11 is 0. The van der Waals surface area contributed by atoms with Crippen molar-refractivity contribution in [3.05, 3.63) is 72.2 Å². The van der Waals surface area contributed by atoms with Gasteiger partial charge in [0.15, 0.2) is 12.2 Å². The lowest BCUT2D eigenvalue weighted by Crippen LogP contribution is -2.18. The quantitative estimate of drug-likeness (QED) is 0.795. The van der Waals surface area contributed by atoms with Gasteiger partial charge in [-0.25, -0.2) is 4.98 Å². The van der Waals surface area contributed by atoms with Gasteiger partial charge in [-0.3, -0.25) is 4.79 Å². The van der Waals surface area contributed by atoms with Gasteiger partial charge in [-0.2, -0.15) is 0 Å². The molecule has 2 atom stereocenters. The number of carbonyl (C=O) groups is 1. The van der Waals surface area contributed by atoms with E-state index >= 15 is 0 Å². The van der Waals surface area contributed by atoms with Crippen LogP contribution in [0.3, 0.4) is 0 Å². The van der Waals surface area contributed by atoms with Gasteiger partial charge in [0.25, 0.3) is 0 Å². The van der Waals surface area contributed by atoms with Gasteiger partial charge in [0, 0.05) is 18.0 Å². The summed E-state index contributed by atoms with van der Waals surface area (Å²) in [5.41, 5.74) is 3.02. The molecule has 1 saturated heterocycles. The smallest absolute Gasteiger partial charge is 0.228 e. The highest BCUT2D eigenvalue weighted by molar-refractivity contribution is 5.87. The number of ether oxygens (including phenoxy) is 1. The van der Waals surface area contributed by atoms with E-state index in [0.29, 0.717) is 6.54 Å². The van der Waals surface area contributed by atoms with Crippen molar-refractivity contribution in [3.8, 4) is 17.1 Å². The van der Waals surface area contributed by atoms with E-state index < -0.39 is 0 Å². The molecule has 5 heteroatoms. The van der Waals surface area contributed by atoms with E-state index in [1.165, 1.54) is 6.39 Å². The standard InChI is InChI=1S/C20H18N2O3/c1-24-16-7-3-6-15(9-16)19-17(10-22-20(19)23)13-4-2-5-14(8-13)18-11-21-12-25-18/h2-9,11-12,17,19H,10H2,1H3,(H,22,23). The van der Waals surface area contributed by atoms with Crippen LogP contribution in [0.25, 0.3) is 11.3 Å². The lowest BCUT2D eigenvalue weighted by molar-refractivity contribution is -0.120. The molecule has 2 heterocycles. The summed E-state index contributed by atoms with van der Waals surface area (Å²) in [7, 11) is 1.63. The number of oxazole rings is 1. The zero-order valence-electron chi connectivity index (χ0n) is 13.8. The Morgan fingerprint density at radius 3 is 2.80 bits per heavy atom. The molecule has 2 unspecified atom stereocenters. The summed E-state index contributed by atoms with van der Waals surface area (Å²) in [6.07, 6.45) is 3.11. The number of carbonyl (C=O) groups excluding carboxylic acids is 1. The van der Waals surface area contributed by atoms with Gasteiger partial charge in [0.2, 0.25) is 5.91 Å². The first-order valence-corrected chi connectivity index (χ1v) is 8.17. The van der Waals surface area contributed by atoms with Crippen LogP contribution in [-0.2, 0) is 4.79 Å². The maximum atomic E-state index is 12.5. The maximum Gasteiger partial charge on any atom is 0.228 e. The SMILES string of the molecule is COc1cccc(C2C(=O)NCC2c2cccc(-c3cnco3)c2)c1. The van der Waals surface area contributed by atoms with Crippen LogP contribution in [0.1, 0.15) is 23.0 Å². The fraction of sp³-hybridized carbons (Fsp3) is 0.200. The van der Waals surface area contributed by atoms with E-state index in [-0.39, 0.29) is 17.7 Å². The Bertz CT molecular complexity index is 889.